The molecule has 0 N–H and O–H groups in total. The molecule has 2 heterocycles. The van der Waals surface area contributed by atoms with E-state index in [1.165, 1.54) is 75.8 Å². The van der Waals surface area contributed by atoms with Crippen LogP contribution in [0.15, 0.2) is 212 Å². The minimum Gasteiger partial charge on any atom is -0.208 e. The predicted octanol–water partition coefficient (Wildman–Crippen LogP) is 14.9. The molecule has 2 aromatic heterocycles. The SMILES string of the molecule is c1ccc(-c2nc(-c3ccccc3-c3cccc(-c4cccc5c4C4(c6ccccc6-c6ccccc64)c4ccccc4-5)c3)nc(-c3cccc4c3sc3ccccc34)n2)cc1. The maximum absolute atomic E-state index is 5.33. The molecule has 0 saturated carbocycles. The van der Waals surface area contributed by atoms with Gasteiger partial charge in [0.25, 0.3) is 0 Å². The van der Waals surface area contributed by atoms with Gasteiger partial charge < -0.3 is 0 Å². The summed E-state index contributed by atoms with van der Waals surface area (Å²) in [4.78, 5) is 15.7. The molecule has 3 nitrogen and oxygen atoms in total. The van der Waals surface area contributed by atoms with Crippen LogP contribution >= 0.6 is 11.3 Å². The van der Waals surface area contributed by atoms with Crippen LogP contribution in [0.3, 0.4) is 0 Å². The van der Waals surface area contributed by atoms with Gasteiger partial charge in [-0.05, 0) is 85.0 Å². The molecular weight excluding hydrogens is 771 g/mol. The highest BCUT2D eigenvalue weighted by atomic mass is 32.1. The van der Waals surface area contributed by atoms with Crippen molar-refractivity contribution in [3.8, 4) is 78.7 Å². The number of hydrogen-bond acceptors (Lipinski definition) is 4. The smallest absolute Gasteiger partial charge is 0.165 e. The van der Waals surface area contributed by atoms with E-state index in [0.29, 0.717) is 17.5 Å². The number of fused-ring (bicyclic) bond motifs is 13. The Hall–Kier alpha value is -7.79. The van der Waals surface area contributed by atoms with Crippen molar-refractivity contribution in [1.82, 2.24) is 15.0 Å². The molecule has 0 bridgehead atoms. The highest BCUT2D eigenvalue weighted by Gasteiger charge is 2.52. The molecule has 1 spiro atoms. The Morgan fingerprint density at radius 1 is 0.306 bits per heavy atom. The average Bonchev–Trinajstić information content (AvgIpc) is 3.99. The summed E-state index contributed by atoms with van der Waals surface area (Å²) in [7, 11) is 0. The predicted molar refractivity (Wildman–Crippen MR) is 256 cm³/mol. The highest BCUT2D eigenvalue weighted by Crippen LogP contribution is 2.64. The number of hydrogen-bond donors (Lipinski definition) is 0. The van der Waals surface area contributed by atoms with E-state index in [9.17, 15) is 0 Å². The average molecular weight is 806 g/mol. The highest BCUT2D eigenvalue weighted by molar-refractivity contribution is 7.26. The lowest BCUT2D eigenvalue weighted by atomic mass is 9.68. The molecule has 0 radical (unpaired) electrons. The van der Waals surface area contributed by atoms with Crippen LogP contribution in [-0.2, 0) is 5.41 Å². The Morgan fingerprint density at radius 3 is 1.48 bits per heavy atom. The van der Waals surface area contributed by atoms with Crippen LogP contribution in [0.25, 0.3) is 98.8 Å². The van der Waals surface area contributed by atoms with Gasteiger partial charge in [0.15, 0.2) is 17.5 Å². The van der Waals surface area contributed by atoms with Crippen LogP contribution < -0.4 is 0 Å². The van der Waals surface area contributed by atoms with E-state index >= 15 is 0 Å². The molecule has 13 rings (SSSR count). The first-order chi connectivity index (χ1) is 30.8. The van der Waals surface area contributed by atoms with Crippen LogP contribution in [-0.4, -0.2) is 15.0 Å². The maximum atomic E-state index is 5.33. The van der Waals surface area contributed by atoms with E-state index in [0.717, 1.165) is 27.8 Å². The number of nitrogens with zero attached hydrogens (tertiary/aromatic N) is 3. The summed E-state index contributed by atoms with van der Waals surface area (Å²) in [5.41, 5.74) is 17.6. The van der Waals surface area contributed by atoms with Crippen LogP contribution in [0, 0.1) is 0 Å². The zero-order chi connectivity index (χ0) is 40.8. The second-order valence-electron chi connectivity index (χ2n) is 16.2. The molecule has 11 aromatic rings. The third-order valence-corrected chi connectivity index (χ3v) is 14.2. The van der Waals surface area contributed by atoms with Crippen molar-refractivity contribution in [1.29, 1.82) is 0 Å². The first kappa shape index (κ1) is 35.0. The van der Waals surface area contributed by atoms with Gasteiger partial charge in [-0.25, -0.2) is 15.0 Å². The van der Waals surface area contributed by atoms with Gasteiger partial charge >= 0.3 is 0 Å². The molecule has 0 unspecified atom stereocenters. The zero-order valence-corrected chi connectivity index (χ0v) is 34.3. The fraction of sp³-hybridized carbons (Fsp3) is 0.0172. The minimum absolute atomic E-state index is 0.448. The topological polar surface area (TPSA) is 38.7 Å². The number of benzene rings is 9. The second-order valence-corrected chi connectivity index (χ2v) is 17.2. The van der Waals surface area contributed by atoms with E-state index in [2.05, 4.69) is 194 Å². The Bertz CT molecular complexity index is 3540. The molecular formula is C58H35N3S. The summed E-state index contributed by atoms with van der Waals surface area (Å²) in [6, 6.07) is 76.8. The zero-order valence-electron chi connectivity index (χ0n) is 33.5. The lowest BCUT2D eigenvalue weighted by molar-refractivity contribution is 0.796. The summed E-state index contributed by atoms with van der Waals surface area (Å²) in [6.45, 7) is 0. The number of thiophene rings is 1. The summed E-state index contributed by atoms with van der Waals surface area (Å²) in [5.74, 6) is 1.95. The third-order valence-electron chi connectivity index (χ3n) is 13.0. The van der Waals surface area contributed by atoms with Gasteiger partial charge in [0.05, 0.1) is 5.41 Å². The Kier molecular flexibility index (Phi) is 7.69. The van der Waals surface area contributed by atoms with Gasteiger partial charge in [-0.2, -0.15) is 0 Å². The summed E-state index contributed by atoms with van der Waals surface area (Å²) in [5, 5.41) is 2.46. The fourth-order valence-corrected chi connectivity index (χ4v) is 11.6. The van der Waals surface area contributed by atoms with Crippen LogP contribution in [0.2, 0.25) is 0 Å². The Morgan fingerprint density at radius 2 is 0.758 bits per heavy atom. The molecule has 2 aliphatic carbocycles. The third kappa shape index (κ3) is 5.02. The molecule has 9 aromatic carbocycles. The first-order valence-electron chi connectivity index (χ1n) is 21.1. The van der Waals surface area contributed by atoms with Gasteiger partial charge in [0.2, 0.25) is 0 Å². The van der Waals surface area contributed by atoms with E-state index in [1.54, 1.807) is 11.3 Å². The standard InChI is InChI=1S/C58H35N3S/c1-2-17-36(18-3-1)55-59-56(61-57(60-55)48-30-16-29-46-44-25-9-13-34-52(44)62-54(46)48)47-26-5-4-21-39(47)37-19-14-20-38(35-37)40-27-15-28-45-43-24-8-12-33-51(43)58(53(40)45)49-31-10-6-22-41(49)42-23-7-11-32-50(42)58/h1-35H. The summed E-state index contributed by atoms with van der Waals surface area (Å²) >= 11 is 1.79. The number of rotatable bonds is 5. The van der Waals surface area contributed by atoms with Gasteiger partial charge in [-0.15, -0.1) is 11.3 Å². The lowest BCUT2D eigenvalue weighted by Crippen LogP contribution is -2.26. The maximum Gasteiger partial charge on any atom is 0.165 e. The molecule has 0 aliphatic heterocycles. The number of aromatic nitrogens is 3. The molecule has 2 aliphatic rings. The minimum atomic E-state index is -0.448. The van der Waals surface area contributed by atoms with Gasteiger partial charge in [0.1, 0.15) is 0 Å². The quantitative estimate of drug-likeness (QED) is 0.174. The largest absolute Gasteiger partial charge is 0.208 e. The van der Waals surface area contributed by atoms with E-state index in [-0.39, 0.29) is 0 Å². The Labute approximate surface area is 363 Å². The van der Waals surface area contributed by atoms with Crippen LogP contribution in [0.5, 0.6) is 0 Å². The molecule has 0 atom stereocenters. The first-order valence-corrected chi connectivity index (χ1v) is 21.9. The molecule has 4 heteroatoms. The second kappa shape index (κ2) is 13.6. The molecule has 62 heavy (non-hydrogen) atoms. The van der Waals surface area contributed by atoms with Crippen molar-refractivity contribution < 1.29 is 0 Å². The van der Waals surface area contributed by atoms with E-state index in [4.69, 9.17) is 15.0 Å². The summed E-state index contributed by atoms with van der Waals surface area (Å²) in [6.07, 6.45) is 0. The van der Waals surface area contributed by atoms with Crippen molar-refractivity contribution in [3.63, 3.8) is 0 Å². The molecule has 288 valence electrons. The molecule has 0 saturated heterocycles. The lowest BCUT2D eigenvalue weighted by Gasteiger charge is -2.32. The Balaban J connectivity index is 1.00. The van der Waals surface area contributed by atoms with Gasteiger partial charge in [-0.1, -0.05) is 194 Å². The molecule has 0 amide bonds. The van der Waals surface area contributed by atoms with Crippen molar-refractivity contribution in [2.24, 2.45) is 0 Å². The van der Waals surface area contributed by atoms with Crippen LogP contribution in [0.4, 0.5) is 0 Å². The fourth-order valence-electron chi connectivity index (χ4n) is 10.4. The van der Waals surface area contributed by atoms with Gasteiger partial charge in [0, 0.05) is 36.9 Å². The summed E-state index contributed by atoms with van der Waals surface area (Å²) < 4.78 is 2.42. The van der Waals surface area contributed by atoms with Crippen molar-refractivity contribution in [2.75, 3.05) is 0 Å². The van der Waals surface area contributed by atoms with E-state index < -0.39 is 5.41 Å². The molecule has 0 fully saturated rings. The monoisotopic (exact) mass is 805 g/mol. The van der Waals surface area contributed by atoms with Crippen molar-refractivity contribution >= 4 is 31.5 Å². The van der Waals surface area contributed by atoms with Gasteiger partial charge in [-0.3, -0.25) is 0 Å². The normalized spacial score (nSPS) is 13.0. The van der Waals surface area contributed by atoms with Crippen LogP contribution in [0.1, 0.15) is 22.3 Å². The van der Waals surface area contributed by atoms with Crippen molar-refractivity contribution in [2.45, 2.75) is 5.41 Å². The van der Waals surface area contributed by atoms with Crippen molar-refractivity contribution in [3.05, 3.63) is 235 Å². The van der Waals surface area contributed by atoms with E-state index in [1.807, 2.05) is 18.2 Å².